The SMILES string of the molecule is Cc1cc(N2CCCCC2)nc(NC(=S)NCc2ccc(N3CCCC3)cc2)n1. The minimum atomic E-state index is 0.545. The van der Waals surface area contributed by atoms with E-state index in [-0.39, 0.29) is 0 Å². The van der Waals surface area contributed by atoms with Crippen LogP contribution < -0.4 is 20.4 Å². The predicted molar refractivity (Wildman–Crippen MR) is 124 cm³/mol. The van der Waals surface area contributed by atoms with Gasteiger partial charge in [0.15, 0.2) is 5.11 Å². The first-order valence-electron chi connectivity index (χ1n) is 10.7. The number of aryl methyl sites for hydroxylation is 1. The average molecular weight is 411 g/mol. The summed E-state index contributed by atoms with van der Waals surface area (Å²) in [5.41, 5.74) is 3.46. The molecule has 7 heteroatoms. The lowest BCUT2D eigenvalue weighted by Crippen LogP contribution is -2.32. The number of nitrogens with zero attached hydrogens (tertiary/aromatic N) is 4. The van der Waals surface area contributed by atoms with Crippen molar-refractivity contribution in [2.75, 3.05) is 41.3 Å². The van der Waals surface area contributed by atoms with E-state index in [1.807, 2.05) is 6.92 Å². The van der Waals surface area contributed by atoms with Crippen molar-refractivity contribution in [2.45, 2.75) is 45.6 Å². The van der Waals surface area contributed by atoms with Gasteiger partial charge in [0, 0.05) is 50.2 Å². The topological polar surface area (TPSA) is 56.3 Å². The summed E-state index contributed by atoms with van der Waals surface area (Å²) < 4.78 is 0. The van der Waals surface area contributed by atoms with Crippen molar-refractivity contribution in [3.05, 3.63) is 41.6 Å². The second-order valence-electron chi connectivity index (χ2n) is 7.91. The minimum absolute atomic E-state index is 0.545. The first-order valence-corrected chi connectivity index (χ1v) is 11.1. The van der Waals surface area contributed by atoms with E-state index in [0.29, 0.717) is 17.6 Å². The molecule has 0 aliphatic carbocycles. The summed E-state index contributed by atoms with van der Waals surface area (Å²) in [4.78, 5) is 14.0. The predicted octanol–water partition coefficient (Wildman–Crippen LogP) is 3.86. The van der Waals surface area contributed by atoms with Crippen LogP contribution in [0.1, 0.15) is 43.4 Å². The van der Waals surface area contributed by atoms with Crippen molar-refractivity contribution in [3.8, 4) is 0 Å². The Balaban J connectivity index is 1.31. The molecular weight excluding hydrogens is 380 g/mol. The summed E-state index contributed by atoms with van der Waals surface area (Å²) in [6, 6.07) is 10.8. The van der Waals surface area contributed by atoms with E-state index in [0.717, 1.165) is 24.6 Å². The van der Waals surface area contributed by atoms with Gasteiger partial charge in [-0.1, -0.05) is 12.1 Å². The molecule has 6 nitrogen and oxygen atoms in total. The van der Waals surface area contributed by atoms with E-state index in [4.69, 9.17) is 12.2 Å². The molecule has 154 valence electrons. The summed E-state index contributed by atoms with van der Waals surface area (Å²) in [6.45, 7) is 7.14. The van der Waals surface area contributed by atoms with Crippen LogP contribution in [0.4, 0.5) is 17.5 Å². The molecule has 0 unspecified atom stereocenters. The van der Waals surface area contributed by atoms with Gasteiger partial charge >= 0.3 is 0 Å². The zero-order chi connectivity index (χ0) is 20.1. The molecule has 2 N–H and O–H groups in total. The molecule has 29 heavy (non-hydrogen) atoms. The third kappa shape index (κ3) is 5.35. The van der Waals surface area contributed by atoms with Gasteiger partial charge in [-0.15, -0.1) is 0 Å². The van der Waals surface area contributed by atoms with Gasteiger partial charge in [-0.05, 0) is 68.9 Å². The monoisotopic (exact) mass is 410 g/mol. The molecule has 2 aromatic rings. The normalized spacial score (nSPS) is 16.7. The van der Waals surface area contributed by atoms with E-state index >= 15 is 0 Å². The van der Waals surface area contributed by atoms with Gasteiger partial charge in [0.1, 0.15) is 5.82 Å². The summed E-state index contributed by atoms with van der Waals surface area (Å²) in [5.74, 6) is 1.55. The number of hydrogen-bond donors (Lipinski definition) is 2. The molecule has 2 saturated heterocycles. The average Bonchev–Trinajstić information content (AvgIpc) is 3.28. The molecule has 3 heterocycles. The van der Waals surface area contributed by atoms with Crippen LogP contribution in [0.3, 0.4) is 0 Å². The zero-order valence-electron chi connectivity index (χ0n) is 17.2. The molecule has 1 aromatic heterocycles. The number of nitrogens with one attached hydrogen (secondary N) is 2. The highest BCUT2D eigenvalue weighted by atomic mass is 32.1. The van der Waals surface area contributed by atoms with Crippen LogP contribution in [-0.2, 0) is 6.54 Å². The fourth-order valence-electron chi connectivity index (χ4n) is 4.02. The molecular formula is C22H30N6S. The second-order valence-corrected chi connectivity index (χ2v) is 8.32. The third-order valence-corrected chi connectivity index (χ3v) is 5.85. The smallest absolute Gasteiger partial charge is 0.231 e. The highest BCUT2D eigenvalue weighted by Gasteiger charge is 2.14. The van der Waals surface area contributed by atoms with Crippen LogP contribution in [-0.4, -0.2) is 41.3 Å². The van der Waals surface area contributed by atoms with Crippen LogP contribution in [0.5, 0.6) is 0 Å². The van der Waals surface area contributed by atoms with Gasteiger partial charge in [-0.2, -0.15) is 4.98 Å². The van der Waals surface area contributed by atoms with Crippen LogP contribution in [0.2, 0.25) is 0 Å². The van der Waals surface area contributed by atoms with Gasteiger partial charge in [-0.3, -0.25) is 0 Å². The van der Waals surface area contributed by atoms with Gasteiger partial charge < -0.3 is 20.4 Å². The number of rotatable bonds is 5. The van der Waals surface area contributed by atoms with Gasteiger partial charge in [-0.25, -0.2) is 4.98 Å². The summed E-state index contributed by atoms with van der Waals surface area (Å²) in [7, 11) is 0. The molecule has 0 atom stereocenters. The van der Waals surface area contributed by atoms with E-state index < -0.39 is 0 Å². The maximum absolute atomic E-state index is 5.47. The highest BCUT2D eigenvalue weighted by Crippen LogP contribution is 2.21. The van der Waals surface area contributed by atoms with E-state index in [1.54, 1.807) is 0 Å². The quantitative estimate of drug-likeness (QED) is 0.726. The molecule has 0 radical (unpaired) electrons. The first kappa shape index (κ1) is 19.9. The Hall–Kier alpha value is -2.41. The largest absolute Gasteiger partial charge is 0.372 e. The Bertz CT molecular complexity index is 826. The Kier molecular flexibility index (Phi) is 6.44. The molecule has 2 aliphatic heterocycles. The summed E-state index contributed by atoms with van der Waals surface area (Å²) in [6.07, 6.45) is 6.34. The molecule has 4 rings (SSSR count). The third-order valence-electron chi connectivity index (χ3n) is 5.61. The molecule has 2 aliphatic rings. The van der Waals surface area contributed by atoms with E-state index in [2.05, 4.69) is 60.7 Å². The van der Waals surface area contributed by atoms with Crippen LogP contribution >= 0.6 is 12.2 Å². The second kappa shape index (κ2) is 9.39. The fraction of sp³-hybridized carbons (Fsp3) is 0.500. The Morgan fingerprint density at radius 3 is 2.31 bits per heavy atom. The molecule has 2 fully saturated rings. The molecule has 0 spiro atoms. The highest BCUT2D eigenvalue weighted by molar-refractivity contribution is 7.80. The maximum Gasteiger partial charge on any atom is 0.231 e. The molecule has 1 aromatic carbocycles. The summed E-state index contributed by atoms with van der Waals surface area (Å²) in [5, 5.41) is 6.97. The Morgan fingerprint density at radius 2 is 1.59 bits per heavy atom. The number of thiocarbonyl (C=S) groups is 1. The molecule has 0 amide bonds. The van der Waals surface area contributed by atoms with E-state index in [1.165, 1.54) is 56.4 Å². The number of anilines is 3. The van der Waals surface area contributed by atoms with Crippen molar-refractivity contribution in [1.29, 1.82) is 0 Å². The van der Waals surface area contributed by atoms with Crippen molar-refractivity contribution in [3.63, 3.8) is 0 Å². The number of aromatic nitrogens is 2. The maximum atomic E-state index is 5.47. The zero-order valence-corrected chi connectivity index (χ0v) is 18.0. The number of piperidine rings is 1. The van der Waals surface area contributed by atoms with Crippen molar-refractivity contribution < 1.29 is 0 Å². The van der Waals surface area contributed by atoms with Crippen LogP contribution in [0.15, 0.2) is 30.3 Å². The van der Waals surface area contributed by atoms with Crippen molar-refractivity contribution in [1.82, 2.24) is 15.3 Å². The molecule has 0 saturated carbocycles. The lowest BCUT2D eigenvalue weighted by Gasteiger charge is -2.28. The van der Waals surface area contributed by atoms with Crippen molar-refractivity contribution in [2.24, 2.45) is 0 Å². The summed E-state index contributed by atoms with van der Waals surface area (Å²) >= 11 is 5.47. The number of hydrogen-bond acceptors (Lipinski definition) is 5. The van der Waals surface area contributed by atoms with Gasteiger partial charge in [0.05, 0.1) is 0 Å². The fourth-order valence-corrected chi connectivity index (χ4v) is 4.18. The van der Waals surface area contributed by atoms with E-state index in [9.17, 15) is 0 Å². The van der Waals surface area contributed by atoms with Gasteiger partial charge in [0.25, 0.3) is 0 Å². The van der Waals surface area contributed by atoms with Crippen LogP contribution in [0.25, 0.3) is 0 Å². The Labute approximate surface area is 178 Å². The first-order chi connectivity index (χ1) is 14.2. The lowest BCUT2D eigenvalue weighted by molar-refractivity contribution is 0.573. The Morgan fingerprint density at radius 1 is 0.931 bits per heavy atom. The van der Waals surface area contributed by atoms with Gasteiger partial charge in [0.2, 0.25) is 5.95 Å². The van der Waals surface area contributed by atoms with Crippen LogP contribution in [0, 0.1) is 6.92 Å². The van der Waals surface area contributed by atoms with Crippen molar-refractivity contribution >= 4 is 34.8 Å². The number of benzene rings is 1. The minimum Gasteiger partial charge on any atom is -0.372 e. The standard InChI is InChI=1S/C22H30N6S/c1-17-15-20(28-13-3-2-4-14-28)25-21(24-17)26-22(29)23-16-18-7-9-19(10-8-18)27-11-5-6-12-27/h7-10,15H,2-6,11-14,16H2,1H3,(H2,23,24,25,26,29). The lowest BCUT2D eigenvalue weighted by atomic mass is 10.1. The molecule has 0 bridgehead atoms.